The monoisotopic (exact) mass is 276 g/mol. The number of hydrogen-bond donors (Lipinski definition) is 1. The highest BCUT2D eigenvalue weighted by atomic mass is 16.2. The van der Waals surface area contributed by atoms with Crippen LogP contribution in [0.15, 0.2) is 12.4 Å². The van der Waals surface area contributed by atoms with Gasteiger partial charge in [-0.15, -0.1) is 0 Å². The summed E-state index contributed by atoms with van der Waals surface area (Å²) in [5.41, 5.74) is 6.85. The molecule has 2 N–H and O–H groups in total. The van der Waals surface area contributed by atoms with E-state index in [9.17, 15) is 4.79 Å². The summed E-state index contributed by atoms with van der Waals surface area (Å²) in [5.74, 6) is 2.44. The maximum absolute atomic E-state index is 12.4. The van der Waals surface area contributed by atoms with Crippen molar-refractivity contribution >= 4 is 5.91 Å². The molecule has 1 aromatic rings. The van der Waals surface area contributed by atoms with E-state index < -0.39 is 6.04 Å². The predicted octanol–water partition coefficient (Wildman–Crippen LogP) is 1.31. The van der Waals surface area contributed by atoms with Crippen LogP contribution in [0.4, 0.5) is 0 Å². The fourth-order valence-electron chi connectivity index (χ4n) is 4.02. The number of carbonyl (C=O) groups excluding carboxylic acids is 1. The van der Waals surface area contributed by atoms with E-state index in [-0.39, 0.29) is 5.91 Å². The van der Waals surface area contributed by atoms with E-state index in [1.807, 2.05) is 25.2 Å². The Bertz CT molecular complexity index is 498. The number of rotatable bonds is 4. The topological polar surface area (TPSA) is 64.2 Å². The number of aryl methyl sites for hydroxylation is 1. The van der Waals surface area contributed by atoms with Gasteiger partial charge >= 0.3 is 0 Å². The maximum atomic E-state index is 12.4. The molecule has 20 heavy (non-hydrogen) atoms. The average Bonchev–Trinajstić information content (AvgIpc) is 3.13. The summed E-state index contributed by atoms with van der Waals surface area (Å²) >= 11 is 0. The van der Waals surface area contributed by atoms with Crippen LogP contribution in [-0.2, 0) is 11.8 Å². The van der Waals surface area contributed by atoms with Crippen molar-refractivity contribution in [2.24, 2.45) is 30.5 Å². The lowest BCUT2D eigenvalue weighted by Crippen LogP contribution is -2.39. The highest BCUT2D eigenvalue weighted by Crippen LogP contribution is 2.48. The molecule has 3 rings (SSSR count). The van der Waals surface area contributed by atoms with Gasteiger partial charge in [0.25, 0.3) is 0 Å². The molecule has 0 radical (unpaired) electrons. The summed E-state index contributed by atoms with van der Waals surface area (Å²) < 4.78 is 1.68. The Kier molecular flexibility index (Phi) is 3.54. The molecule has 2 bridgehead atoms. The maximum Gasteiger partial charge on any atom is 0.243 e. The van der Waals surface area contributed by atoms with E-state index >= 15 is 0 Å². The lowest BCUT2D eigenvalue weighted by Gasteiger charge is -2.28. The van der Waals surface area contributed by atoms with Crippen LogP contribution in [-0.4, -0.2) is 34.2 Å². The summed E-state index contributed by atoms with van der Waals surface area (Å²) in [4.78, 5) is 14.2. The number of likely N-dealkylation sites (N-methyl/N-ethyl adjacent to an activating group) is 1. The van der Waals surface area contributed by atoms with Gasteiger partial charge in [0, 0.05) is 32.4 Å². The van der Waals surface area contributed by atoms with Crippen molar-refractivity contribution in [2.45, 2.75) is 31.7 Å². The van der Waals surface area contributed by atoms with Crippen LogP contribution in [0.1, 0.15) is 37.3 Å². The van der Waals surface area contributed by atoms with Crippen molar-refractivity contribution in [2.75, 3.05) is 13.6 Å². The van der Waals surface area contributed by atoms with Crippen molar-refractivity contribution in [1.82, 2.24) is 14.7 Å². The second-order valence-electron chi connectivity index (χ2n) is 6.58. The minimum atomic E-state index is -0.590. The molecule has 2 fully saturated rings. The Morgan fingerprint density at radius 3 is 2.90 bits per heavy atom. The Hall–Kier alpha value is -1.36. The van der Waals surface area contributed by atoms with Gasteiger partial charge < -0.3 is 10.6 Å². The molecule has 5 nitrogen and oxygen atoms in total. The van der Waals surface area contributed by atoms with Gasteiger partial charge in [-0.3, -0.25) is 9.48 Å². The number of carbonyl (C=O) groups is 1. The number of amides is 1. The molecule has 0 aliphatic heterocycles. The molecule has 2 aliphatic rings. The summed E-state index contributed by atoms with van der Waals surface area (Å²) in [6.07, 6.45) is 8.91. The summed E-state index contributed by atoms with van der Waals surface area (Å²) in [6, 6.07) is -0.590. The predicted molar refractivity (Wildman–Crippen MR) is 76.7 cm³/mol. The largest absolute Gasteiger partial charge is 0.344 e. The molecule has 0 saturated heterocycles. The van der Waals surface area contributed by atoms with Gasteiger partial charge in [0.05, 0.1) is 6.20 Å². The van der Waals surface area contributed by atoms with Gasteiger partial charge in [0.15, 0.2) is 0 Å². The third-order valence-electron chi connectivity index (χ3n) is 5.12. The zero-order valence-electron chi connectivity index (χ0n) is 12.3. The number of nitrogens with two attached hydrogens (primary N) is 1. The first-order chi connectivity index (χ1) is 9.54. The molecule has 0 spiro atoms. The normalized spacial score (nSPS) is 29.6. The van der Waals surface area contributed by atoms with Crippen LogP contribution in [0.2, 0.25) is 0 Å². The first-order valence-electron chi connectivity index (χ1n) is 7.53. The fraction of sp³-hybridized carbons (Fsp3) is 0.733. The smallest absolute Gasteiger partial charge is 0.243 e. The van der Waals surface area contributed by atoms with Crippen molar-refractivity contribution < 1.29 is 4.79 Å². The zero-order chi connectivity index (χ0) is 14.3. The molecule has 0 aromatic carbocycles. The highest BCUT2D eigenvalue weighted by molar-refractivity contribution is 5.82. The van der Waals surface area contributed by atoms with Gasteiger partial charge in [-0.1, -0.05) is 6.42 Å². The van der Waals surface area contributed by atoms with E-state index in [2.05, 4.69) is 5.10 Å². The van der Waals surface area contributed by atoms with E-state index in [0.29, 0.717) is 5.92 Å². The summed E-state index contributed by atoms with van der Waals surface area (Å²) in [7, 11) is 3.71. The third kappa shape index (κ3) is 2.46. The lowest BCUT2D eigenvalue weighted by atomic mass is 9.88. The lowest BCUT2D eigenvalue weighted by molar-refractivity contribution is -0.132. The van der Waals surface area contributed by atoms with E-state index in [4.69, 9.17) is 5.73 Å². The van der Waals surface area contributed by atoms with E-state index in [1.165, 1.54) is 25.7 Å². The van der Waals surface area contributed by atoms with E-state index in [1.54, 1.807) is 10.9 Å². The van der Waals surface area contributed by atoms with E-state index in [0.717, 1.165) is 23.9 Å². The Morgan fingerprint density at radius 2 is 2.35 bits per heavy atom. The van der Waals surface area contributed by atoms with Crippen LogP contribution in [0.3, 0.4) is 0 Å². The second-order valence-corrected chi connectivity index (χ2v) is 6.58. The van der Waals surface area contributed by atoms with Gasteiger partial charge in [-0.05, 0) is 37.0 Å². The first-order valence-corrected chi connectivity index (χ1v) is 7.53. The minimum absolute atomic E-state index is 0.000716. The number of hydrogen-bond acceptors (Lipinski definition) is 3. The number of aromatic nitrogens is 2. The standard InChI is InChI=1S/C15H24N4O/c1-18(8-12-6-10-3-4-11(12)5-10)15(20)14(16)13-7-17-19(2)9-13/h7,9-12,14H,3-6,8,16H2,1-2H3. The SMILES string of the molecule is CN(CC1CC2CCC1C2)C(=O)C(N)c1cnn(C)c1. The first kappa shape index (κ1) is 13.6. The molecular formula is C15H24N4O. The fourth-order valence-corrected chi connectivity index (χ4v) is 4.02. The molecule has 1 heterocycles. The molecule has 1 aromatic heterocycles. The minimum Gasteiger partial charge on any atom is -0.344 e. The molecule has 4 atom stereocenters. The molecule has 5 heteroatoms. The molecule has 4 unspecified atom stereocenters. The Labute approximate surface area is 120 Å². The van der Waals surface area contributed by atoms with Gasteiger partial charge in [-0.2, -0.15) is 5.10 Å². The number of fused-ring (bicyclic) bond motifs is 2. The van der Waals surface area contributed by atoms with Crippen LogP contribution in [0.25, 0.3) is 0 Å². The summed E-state index contributed by atoms with van der Waals surface area (Å²) in [6.45, 7) is 0.855. The van der Waals surface area contributed by atoms with Crippen molar-refractivity contribution in [3.05, 3.63) is 18.0 Å². The molecular weight excluding hydrogens is 252 g/mol. The average molecular weight is 276 g/mol. The van der Waals surface area contributed by atoms with Gasteiger partial charge in [0.2, 0.25) is 5.91 Å². The van der Waals surface area contributed by atoms with Crippen LogP contribution in [0, 0.1) is 17.8 Å². The van der Waals surface area contributed by atoms with Gasteiger partial charge in [0.1, 0.15) is 6.04 Å². The molecule has 2 saturated carbocycles. The van der Waals surface area contributed by atoms with Gasteiger partial charge in [-0.25, -0.2) is 0 Å². The van der Waals surface area contributed by atoms with Crippen molar-refractivity contribution in [3.8, 4) is 0 Å². The third-order valence-corrected chi connectivity index (χ3v) is 5.12. The molecule has 1 amide bonds. The van der Waals surface area contributed by atoms with Crippen LogP contribution in [0.5, 0.6) is 0 Å². The highest BCUT2D eigenvalue weighted by Gasteiger charge is 2.40. The quantitative estimate of drug-likeness (QED) is 0.902. The van der Waals surface area contributed by atoms with Crippen LogP contribution < -0.4 is 5.73 Å². The Balaban J connectivity index is 1.59. The van der Waals surface area contributed by atoms with Crippen LogP contribution >= 0.6 is 0 Å². The molecule has 2 aliphatic carbocycles. The number of nitrogens with zero attached hydrogens (tertiary/aromatic N) is 3. The summed E-state index contributed by atoms with van der Waals surface area (Å²) in [5, 5.41) is 4.08. The molecule has 110 valence electrons. The second kappa shape index (κ2) is 5.20. The zero-order valence-corrected chi connectivity index (χ0v) is 12.3. The Morgan fingerprint density at radius 1 is 1.55 bits per heavy atom. The van der Waals surface area contributed by atoms with Crippen molar-refractivity contribution in [1.29, 1.82) is 0 Å². The van der Waals surface area contributed by atoms with Crippen molar-refractivity contribution in [3.63, 3.8) is 0 Å².